The van der Waals surface area contributed by atoms with Crippen molar-refractivity contribution >= 4 is 49.4 Å². The molecule has 22 heavy (non-hydrogen) atoms. The summed E-state index contributed by atoms with van der Waals surface area (Å²) < 4.78 is 26.8. The van der Waals surface area contributed by atoms with Crippen LogP contribution in [0.4, 0.5) is 0 Å². The lowest BCUT2D eigenvalue weighted by Crippen LogP contribution is -2.41. The van der Waals surface area contributed by atoms with Gasteiger partial charge in [0.1, 0.15) is 4.90 Å². The lowest BCUT2D eigenvalue weighted by molar-refractivity contribution is -0.125. The predicted molar refractivity (Wildman–Crippen MR) is 86.0 cm³/mol. The molecule has 0 aromatic heterocycles. The quantitative estimate of drug-likeness (QED) is 0.611. The summed E-state index contributed by atoms with van der Waals surface area (Å²) >= 11 is 9.03. The third kappa shape index (κ3) is 5.91. The summed E-state index contributed by atoms with van der Waals surface area (Å²) in [6.45, 7) is 1.49. The Morgan fingerprint density at radius 1 is 1.18 bits per heavy atom. The summed E-state index contributed by atoms with van der Waals surface area (Å²) in [7, 11) is -3.92. The predicted octanol–water partition coefficient (Wildman–Crippen LogP) is 0.633. The van der Waals surface area contributed by atoms with E-state index in [0.29, 0.717) is 11.0 Å². The van der Waals surface area contributed by atoms with Crippen molar-refractivity contribution < 1.29 is 18.0 Å². The maximum Gasteiger partial charge on any atom is 0.242 e. The molecule has 0 heterocycles. The van der Waals surface area contributed by atoms with E-state index in [1.54, 1.807) is 6.92 Å². The number of halogens is 2. The number of carbonyl (C=O) groups excluding carboxylic acids is 2. The Morgan fingerprint density at radius 3 is 2.41 bits per heavy atom. The Kier molecular flexibility index (Phi) is 7.27. The van der Waals surface area contributed by atoms with Crippen molar-refractivity contribution in [3.05, 3.63) is 27.7 Å². The van der Waals surface area contributed by atoms with Gasteiger partial charge in [0.2, 0.25) is 21.8 Å². The number of sulfonamides is 1. The van der Waals surface area contributed by atoms with Crippen molar-refractivity contribution in [2.45, 2.75) is 11.8 Å². The fourth-order valence-electron chi connectivity index (χ4n) is 1.43. The Bertz CT molecular complexity index is 666. The van der Waals surface area contributed by atoms with Crippen LogP contribution in [-0.4, -0.2) is 39.9 Å². The van der Waals surface area contributed by atoms with Crippen molar-refractivity contribution in [3.8, 4) is 0 Å². The van der Waals surface area contributed by atoms with Crippen LogP contribution < -0.4 is 15.4 Å². The minimum absolute atomic E-state index is 0.0320. The van der Waals surface area contributed by atoms with E-state index < -0.39 is 22.5 Å². The topological polar surface area (TPSA) is 104 Å². The second-order valence-electron chi connectivity index (χ2n) is 4.13. The monoisotopic (exact) mass is 411 g/mol. The molecule has 0 radical (unpaired) electrons. The van der Waals surface area contributed by atoms with Crippen LogP contribution in [0.5, 0.6) is 0 Å². The number of benzene rings is 1. The Labute approximate surface area is 142 Å². The molecular weight excluding hydrogens is 398 g/mol. The number of nitrogens with one attached hydrogen (secondary N) is 3. The number of amides is 2. The van der Waals surface area contributed by atoms with Crippen molar-refractivity contribution in [1.29, 1.82) is 0 Å². The molecule has 3 N–H and O–H groups in total. The van der Waals surface area contributed by atoms with Crippen molar-refractivity contribution in [1.82, 2.24) is 15.4 Å². The number of carbonyl (C=O) groups is 2. The molecule has 0 aliphatic carbocycles. The molecular formula is C12H15BrClN3O4S. The summed E-state index contributed by atoms with van der Waals surface area (Å²) in [5.41, 5.74) is 0. The summed E-state index contributed by atoms with van der Waals surface area (Å²) in [5, 5.41) is 4.83. The zero-order valence-electron chi connectivity index (χ0n) is 11.7. The molecule has 0 aliphatic heterocycles. The largest absolute Gasteiger partial charge is 0.355 e. The number of hydrogen-bond acceptors (Lipinski definition) is 4. The van der Waals surface area contributed by atoms with E-state index in [0.717, 1.165) is 0 Å². The van der Waals surface area contributed by atoms with Crippen molar-refractivity contribution in [2.24, 2.45) is 0 Å². The van der Waals surface area contributed by atoms with E-state index in [1.165, 1.54) is 18.2 Å². The van der Waals surface area contributed by atoms with Gasteiger partial charge in [0, 0.05) is 11.0 Å². The normalized spacial score (nSPS) is 11.0. The first kappa shape index (κ1) is 18.9. The van der Waals surface area contributed by atoms with Crippen LogP contribution in [0, 0.1) is 0 Å². The first-order chi connectivity index (χ1) is 10.3. The van der Waals surface area contributed by atoms with Gasteiger partial charge in [-0.3, -0.25) is 9.59 Å². The molecule has 1 aromatic rings. The summed E-state index contributed by atoms with van der Waals surface area (Å²) in [6, 6.07) is 4.28. The van der Waals surface area contributed by atoms with Crippen molar-refractivity contribution in [2.75, 3.05) is 19.6 Å². The third-order valence-corrected chi connectivity index (χ3v) is 4.80. The third-order valence-electron chi connectivity index (χ3n) is 2.43. The van der Waals surface area contributed by atoms with E-state index in [1.807, 2.05) is 0 Å². The van der Waals surface area contributed by atoms with Crippen LogP contribution >= 0.6 is 27.5 Å². The first-order valence-electron chi connectivity index (χ1n) is 6.24. The highest BCUT2D eigenvalue weighted by Gasteiger charge is 2.19. The van der Waals surface area contributed by atoms with Crippen LogP contribution in [0.15, 0.2) is 27.6 Å². The number of rotatable bonds is 7. The molecule has 2 amide bonds. The number of likely N-dealkylation sites (N-methyl/N-ethyl adjacent to an activating group) is 1. The van der Waals surface area contributed by atoms with Crippen LogP contribution in [0.1, 0.15) is 6.92 Å². The fourth-order valence-corrected chi connectivity index (χ4v) is 3.45. The van der Waals surface area contributed by atoms with Gasteiger partial charge >= 0.3 is 0 Å². The van der Waals surface area contributed by atoms with Crippen LogP contribution in [0.3, 0.4) is 0 Å². The smallest absolute Gasteiger partial charge is 0.242 e. The zero-order valence-corrected chi connectivity index (χ0v) is 14.8. The molecule has 0 atom stereocenters. The average molecular weight is 413 g/mol. The van der Waals surface area contributed by atoms with Gasteiger partial charge in [0.25, 0.3) is 0 Å². The van der Waals surface area contributed by atoms with Gasteiger partial charge in [-0.25, -0.2) is 13.1 Å². The van der Waals surface area contributed by atoms with Gasteiger partial charge in [0.15, 0.2) is 0 Å². The average Bonchev–Trinajstić information content (AvgIpc) is 2.43. The van der Waals surface area contributed by atoms with Crippen LogP contribution in [-0.2, 0) is 19.6 Å². The van der Waals surface area contributed by atoms with E-state index >= 15 is 0 Å². The minimum Gasteiger partial charge on any atom is -0.355 e. The van der Waals surface area contributed by atoms with Crippen LogP contribution in [0.25, 0.3) is 0 Å². The molecule has 0 saturated heterocycles. The number of hydrogen-bond donors (Lipinski definition) is 3. The summed E-state index contributed by atoms with van der Waals surface area (Å²) in [5.74, 6) is -0.974. The summed E-state index contributed by atoms with van der Waals surface area (Å²) in [6.07, 6.45) is 0. The van der Waals surface area contributed by atoms with Gasteiger partial charge in [-0.05, 0) is 25.1 Å². The highest BCUT2D eigenvalue weighted by atomic mass is 79.9. The SMILES string of the molecule is CCNC(=O)CNC(=O)CNS(=O)(=O)c1ccc(Br)cc1Cl. The highest BCUT2D eigenvalue weighted by Crippen LogP contribution is 2.24. The second kappa shape index (κ2) is 8.47. The molecule has 10 heteroatoms. The maximum absolute atomic E-state index is 12.0. The zero-order chi connectivity index (χ0) is 16.8. The van der Waals surface area contributed by atoms with E-state index in [2.05, 4.69) is 31.3 Å². The first-order valence-corrected chi connectivity index (χ1v) is 8.89. The van der Waals surface area contributed by atoms with E-state index in [9.17, 15) is 18.0 Å². The molecule has 1 aromatic carbocycles. The lowest BCUT2D eigenvalue weighted by Gasteiger charge is -2.09. The molecule has 0 aliphatic rings. The van der Waals surface area contributed by atoms with Gasteiger partial charge in [0.05, 0.1) is 18.1 Å². The van der Waals surface area contributed by atoms with Gasteiger partial charge < -0.3 is 10.6 Å². The molecule has 122 valence electrons. The minimum atomic E-state index is -3.92. The maximum atomic E-state index is 12.0. The van der Waals surface area contributed by atoms with Gasteiger partial charge in [-0.2, -0.15) is 0 Å². The molecule has 0 spiro atoms. The van der Waals surface area contributed by atoms with Gasteiger partial charge in [-0.15, -0.1) is 0 Å². The van der Waals surface area contributed by atoms with E-state index in [4.69, 9.17) is 11.6 Å². The fraction of sp³-hybridized carbons (Fsp3) is 0.333. The molecule has 0 fully saturated rings. The second-order valence-corrected chi connectivity index (χ2v) is 7.19. The standard InChI is InChI=1S/C12H15BrClN3O4S/c1-2-15-11(18)6-16-12(19)7-17-22(20,21)10-4-3-8(13)5-9(10)14/h3-5,17H,2,6-7H2,1H3,(H,15,18)(H,16,19). The summed E-state index contributed by atoms with van der Waals surface area (Å²) in [4.78, 5) is 22.5. The molecule has 7 nitrogen and oxygen atoms in total. The molecule has 1 rings (SSSR count). The van der Waals surface area contributed by atoms with Gasteiger partial charge in [-0.1, -0.05) is 27.5 Å². The molecule has 0 bridgehead atoms. The Balaban J connectivity index is 2.59. The Morgan fingerprint density at radius 2 is 1.82 bits per heavy atom. The van der Waals surface area contributed by atoms with Crippen LogP contribution in [0.2, 0.25) is 5.02 Å². The lowest BCUT2D eigenvalue weighted by atomic mass is 10.4. The molecule has 0 unspecified atom stereocenters. The molecule has 0 saturated carbocycles. The Hall–Kier alpha value is -1.16. The van der Waals surface area contributed by atoms with E-state index in [-0.39, 0.29) is 22.4 Å². The highest BCUT2D eigenvalue weighted by molar-refractivity contribution is 9.10. The van der Waals surface area contributed by atoms with Crippen molar-refractivity contribution in [3.63, 3.8) is 0 Å².